The molecule has 0 bridgehead atoms. The Morgan fingerprint density at radius 1 is 1.29 bits per heavy atom. The first-order valence-corrected chi connectivity index (χ1v) is 8.88. The summed E-state index contributed by atoms with van der Waals surface area (Å²) in [5.41, 5.74) is 9.52. The second-order valence-corrected chi connectivity index (χ2v) is 7.09. The normalized spacial score (nSPS) is 24.0. The lowest BCUT2D eigenvalue weighted by Gasteiger charge is -2.36. The predicted octanol–water partition coefficient (Wildman–Crippen LogP) is 2.30. The number of rotatable bonds is 3. The van der Waals surface area contributed by atoms with Crippen molar-refractivity contribution in [1.82, 2.24) is 10.2 Å². The lowest BCUT2D eigenvalue weighted by molar-refractivity contribution is 0.325. The van der Waals surface area contributed by atoms with Gasteiger partial charge in [-0.25, -0.2) is 9.89 Å². The summed E-state index contributed by atoms with van der Waals surface area (Å²) in [5, 5.41) is 6.28. The first kappa shape index (κ1) is 15.4. The van der Waals surface area contributed by atoms with Gasteiger partial charge in [0, 0.05) is 30.4 Å². The van der Waals surface area contributed by atoms with Gasteiger partial charge in [-0.05, 0) is 62.1 Å². The van der Waals surface area contributed by atoms with Gasteiger partial charge in [-0.2, -0.15) is 0 Å². The van der Waals surface area contributed by atoms with Crippen LogP contribution in [-0.2, 0) is 6.42 Å². The minimum atomic E-state index is -0.516. The van der Waals surface area contributed by atoms with Crippen molar-refractivity contribution < 1.29 is 4.42 Å². The number of nitrogens with zero attached hydrogens (tertiary/aromatic N) is 2. The van der Waals surface area contributed by atoms with E-state index in [4.69, 9.17) is 10.2 Å². The zero-order chi connectivity index (χ0) is 16.5. The Balaban J connectivity index is 1.57. The topological polar surface area (TPSA) is 88.1 Å². The summed E-state index contributed by atoms with van der Waals surface area (Å²) in [6, 6.07) is 6.63. The lowest BCUT2D eigenvalue weighted by Crippen LogP contribution is -2.37. The van der Waals surface area contributed by atoms with Crippen molar-refractivity contribution in [2.75, 3.05) is 18.0 Å². The molecule has 6 nitrogen and oxygen atoms in total. The smallest absolute Gasteiger partial charge is 0.388 e. The lowest BCUT2D eigenvalue weighted by atomic mass is 9.85. The van der Waals surface area contributed by atoms with Crippen molar-refractivity contribution in [3.8, 4) is 11.5 Å². The molecule has 2 aromatic rings. The maximum Gasteiger partial charge on any atom is 0.434 e. The maximum absolute atomic E-state index is 11.2. The third-order valence-electron chi connectivity index (χ3n) is 5.36. The monoisotopic (exact) mass is 328 g/mol. The van der Waals surface area contributed by atoms with Crippen molar-refractivity contribution in [3.05, 3.63) is 34.3 Å². The SMILES string of the molecule is NC1CCC(CN2CCCc3ccc(-c4n[nH]c(=O)o4)cc32)CC1. The molecule has 0 radical (unpaired) electrons. The molecule has 0 unspecified atom stereocenters. The van der Waals surface area contributed by atoms with Crippen molar-refractivity contribution in [3.63, 3.8) is 0 Å². The van der Waals surface area contributed by atoms with Gasteiger partial charge in [-0.15, -0.1) is 5.10 Å². The van der Waals surface area contributed by atoms with Crippen LogP contribution in [0.2, 0.25) is 0 Å². The molecule has 2 aliphatic rings. The van der Waals surface area contributed by atoms with Crippen LogP contribution in [0.1, 0.15) is 37.7 Å². The van der Waals surface area contributed by atoms with E-state index in [1.165, 1.54) is 30.5 Å². The van der Waals surface area contributed by atoms with Crippen molar-refractivity contribution >= 4 is 5.69 Å². The summed E-state index contributed by atoms with van der Waals surface area (Å²) in [6.07, 6.45) is 7.03. The van der Waals surface area contributed by atoms with E-state index in [0.29, 0.717) is 11.9 Å². The molecule has 3 N–H and O–H groups in total. The van der Waals surface area contributed by atoms with Crippen LogP contribution in [0.4, 0.5) is 5.69 Å². The van der Waals surface area contributed by atoms with Crippen LogP contribution in [0.25, 0.3) is 11.5 Å². The number of aryl methyl sites for hydroxylation is 1. The Morgan fingerprint density at radius 2 is 2.12 bits per heavy atom. The van der Waals surface area contributed by atoms with E-state index in [2.05, 4.69) is 27.2 Å². The second kappa shape index (κ2) is 6.43. The summed E-state index contributed by atoms with van der Waals surface area (Å²) < 4.78 is 5.10. The van der Waals surface area contributed by atoms with Gasteiger partial charge in [0.05, 0.1) is 0 Å². The van der Waals surface area contributed by atoms with Gasteiger partial charge in [0.15, 0.2) is 0 Å². The van der Waals surface area contributed by atoms with Crippen LogP contribution < -0.4 is 16.4 Å². The molecule has 0 amide bonds. The van der Waals surface area contributed by atoms with Gasteiger partial charge in [-0.1, -0.05) is 6.07 Å². The number of anilines is 1. The predicted molar refractivity (Wildman–Crippen MR) is 93.0 cm³/mol. The summed E-state index contributed by atoms with van der Waals surface area (Å²) >= 11 is 0. The molecule has 24 heavy (non-hydrogen) atoms. The third kappa shape index (κ3) is 3.11. The average Bonchev–Trinajstić information content (AvgIpc) is 3.03. The minimum Gasteiger partial charge on any atom is -0.388 e. The second-order valence-electron chi connectivity index (χ2n) is 7.09. The van der Waals surface area contributed by atoms with E-state index in [0.717, 1.165) is 43.8 Å². The molecular weight excluding hydrogens is 304 g/mol. The van der Waals surface area contributed by atoms with E-state index in [-0.39, 0.29) is 0 Å². The average molecular weight is 328 g/mol. The first-order valence-electron chi connectivity index (χ1n) is 8.88. The van der Waals surface area contributed by atoms with Crippen LogP contribution in [0, 0.1) is 5.92 Å². The Morgan fingerprint density at radius 3 is 2.88 bits per heavy atom. The molecule has 4 rings (SSSR count). The molecule has 1 aromatic heterocycles. The van der Waals surface area contributed by atoms with Gasteiger partial charge >= 0.3 is 5.76 Å². The highest BCUT2D eigenvalue weighted by molar-refractivity contribution is 5.66. The number of nitrogens with two attached hydrogens (primary N) is 1. The standard InChI is InChI=1S/C18H24N4O2/c19-15-7-3-12(4-8-15)11-22-9-1-2-13-5-6-14(10-16(13)22)17-20-21-18(23)24-17/h5-6,10,12,15H,1-4,7-9,11,19H2,(H,21,23). The Hall–Kier alpha value is -2.08. The Bertz CT molecular complexity index is 758. The molecule has 1 aliphatic carbocycles. The fraction of sp³-hybridized carbons (Fsp3) is 0.556. The molecule has 0 saturated heterocycles. The Labute approximate surface area is 141 Å². The molecule has 2 heterocycles. The summed E-state index contributed by atoms with van der Waals surface area (Å²) in [5.74, 6) is 0.567. The number of nitrogens with one attached hydrogen (secondary N) is 1. The molecule has 1 saturated carbocycles. The number of aromatic amines is 1. The number of aromatic nitrogens is 2. The minimum absolute atomic E-state index is 0.358. The van der Waals surface area contributed by atoms with Crippen LogP contribution in [0.5, 0.6) is 0 Å². The molecule has 0 spiro atoms. The number of hydrogen-bond donors (Lipinski definition) is 2. The molecule has 1 aromatic carbocycles. The number of hydrogen-bond acceptors (Lipinski definition) is 5. The zero-order valence-corrected chi connectivity index (χ0v) is 13.8. The van der Waals surface area contributed by atoms with Gasteiger partial charge in [-0.3, -0.25) is 0 Å². The molecule has 0 atom stereocenters. The number of H-pyrrole nitrogens is 1. The highest BCUT2D eigenvalue weighted by atomic mass is 16.4. The van der Waals surface area contributed by atoms with Crippen LogP contribution in [-0.4, -0.2) is 29.3 Å². The quantitative estimate of drug-likeness (QED) is 0.902. The van der Waals surface area contributed by atoms with Crippen molar-refractivity contribution in [2.45, 2.75) is 44.6 Å². The fourth-order valence-corrected chi connectivity index (χ4v) is 4.01. The van der Waals surface area contributed by atoms with E-state index < -0.39 is 5.76 Å². The van der Waals surface area contributed by atoms with Crippen LogP contribution in [0.3, 0.4) is 0 Å². The van der Waals surface area contributed by atoms with E-state index in [9.17, 15) is 4.79 Å². The zero-order valence-electron chi connectivity index (χ0n) is 13.8. The molecule has 128 valence electrons. The van der Waals surface area contributed by atoms with Gasteiger partial charge in [0.25, 0.3) is 0 Å². The van der Waals surface area contributed by atoms with Crippen LogP contribution in [0.15, 0.2) is 27.4 Å². The maximum atomic E-state index is 11.2. The van der Waals surface area contributed by atoms with E-state index in [1.807, 2.05) is 6.07 Å². The summed E-state index contributed by atoms with van der Waals surface area (Å²) in [6.45, 7) is 2.18. The summed E-state index contributed by atoms with van der Waals surface area (Å²) in [4.78, 5) is 13.7. The van der Waals surface area contributed by atoms with Gasteiger partial charge in [0.2, 0.25) is 5.89 Å². The molecule has 6 heteroatoms. The highest BCUT2D eigenvalue weighted by Gasteiger charge is 2.24. The van der Waals surface area contributed by atoms with Gasteiger partial charge in [0.1, 0.15) is 0 Å². The van der Waals surface area contributed by atoms with E-state index >= 15 is 0 Å². The molecule has 1 fully saturated rings. The molecular formula is C18H24N4O2. The van der Waals surface area contributed by atoms with Gasteiger partial charge < -0.3 is 15.1 Å². The van der Waals surface area contributed by atoms with Crippen molar-refractivity contribution in [1.29, 1.82) is 0 Å². The number of fused-ring (bicyclic) bond motifs is 1. The Kier molecular flexibility index (Phi) is 4.14. The summed E-state index contributed by atoms with van der Waals surface area (Å²) in [7, 11) is 0. The van der Waals surface area contributed by atoms with Crippen molar-refractivity contribution in [2.24, 2.45) is 11.7 Å². The highest BCUT2D eigenvalue weighted by Crippen LogP contribution is 2.33. The number of benzene rings is 1. The van der Waals surface area contributed by atoms with Crippen LogP contribution >= 0.6 is 0 Å². The fourth-order valence-electron chi connectivity index (χ4n) is 4.01. The molecule has 1 aliphatic heterocycles. The first-order chi connectivity index (χ1) is 11.7. The largest absolute Gasteiger partial charge is 0.434 e. The van der Waals surface area contributed by atoms with E-state index in [1.54, 1.807) is 0 Å². The third-order valence-corrected chi connectivity index (χ3v) is 5.36.